The number of benzene rings is 1. The van der Waals surface area contributed by atoms with Gasteiger partial charge in [-0.3, -0.25) is 4.68 Å². The summed E-state index contributed by atoms with van der Waals surface area (Å²) in [4.78, 5) is 1.00. The molecule has 0 aliphatic heterocycles. The van der Waals surface area contributed by atoms with Gasteiger partial charge in [0.05, 0.1) is 6.20 Å². The van der Waals surface area contributed by atoms with Gasteiger partial charge in [0.2, 0.25) is 0 Å². The summed E-state index contributed by atoms with van der Waals surface area (Å²) in [5.41, 5.74) is 1.14. The molecule has 0 saturated heterocycles. The van der Waals surface area contributed by atoms with Crippen molar-refractivity contribution in [2.45, 2.75) is 39.0 Å². The summed E-state index contributed by atoms with van der Waals surface area (Å²) in [6.07, 6.45) is 3.47. The zero-order chi connectivity index (χ0) is 16.4. The maximum absolute atomic E-state index is 10.4. The fraction of sp³-hybridized carbons (Fsp3) is 0.389. The molecule has 2 heterocycles. The number of nitrogens with one attached hydrogen (secondary N) is 1. The number of aromatic nitrogens is 2. The molecule has 2 N–H and O–H groups in total. The van der Waals surface area contributed by atoms with Crippen molar-refractivity contribution in [2.75, 3.05) is 6.54 Å². The Labute approximate surface area is 140 Å². The number of hydrogen-bond donors (Lipinski definition) is 2. The van der Waals surface area contributed by atoms with E-state index >= 15 is 0 Å². The van der Waals surface area contributed by atoms with Crippen LogP contribution in [0.15, 0.2) is 42.7 Å². The number of hydrogen-bond acceptors (Lipinski definition) is 4. The average molecular weight is 329 g/mol. The van der Waals surface area contributed by atoms with Gasteiger partial charge in [-0.2, -0.15) is 5.10 Å². The Morgan fingerprint density at radius 1 is 1.26 bits per heavy atom. The van der Waals surface area contributed by atoms with E-state index in [1.54, 1.807) is 11.3 Å². The van der Waals surface area contributed by atoms with Gasteiger partial charge >= 0.3 is 0 Å². The number of fused-ring (bicyclic) bond motifs is 1. The first-order chi connectivity index (χ1) is 11.0. The molecule has 4 nitrogen and oxygen atoms in total. The first-order valence-corrected chi connectivity index (χ1v) is 8.80. The van der Waals surface area contributed by atoms with E-state index in [2.05, 4.69) is 55.6 Å². The average Bonchev–Trinajstić information content (AvgIpc) is 3.18. The van der Waals surface area contributed by atoms with Gasteiger partial charge in [-0.05, 0) is 38.3 Å². The van der Waals surface area contributed by atoms with E-state index in [1.165, 1.54) is 10.1 Å². The number of thiophene rings is 1. The number of rotatable bonds is 6. The van der Waals surface area contributed by atoms with E-state index in [-0.39, 0.29) is 6.04 Å². The molecule has 0 bridgehead atoms. The molecule has 5 heteroatoms. The molecule has 0 aliphatic carbocycles. The lowest BCUT2D eigenvalue weighted by Crippen LogP contribution is -2.24. The van der Waals surface area contributed by atoms with Crippen molar-refractivity contribution in [3.8, 4) is 0 Å². The fourth-order valence-electron chi connectivity index (χ4n) is 2.53. The Balaban J connectivity index is 1.62. The lowest BCUT2D eigenvalue weighted by molar-refractivity contribution is 0.174. The maximum atomic E-state index is 10.4. The number of aliphatic hydroxyl groups is 1. The molecule has 2 unspecified atom stereocenters. The van der Waals surface area contributed by atoms with Crippen LogP contribution in [-0.2, 0) is 0 Å². The third kappa shape index (κ3) is 3.63. The molecule has 0 fully saturated rings. The van der Waals surface area contributed by atoms with Gasteiger partial charge in [-0.1, -0.05) is 18.2 Å². The fourth-order valence-corrected chi connectivity index (χ4v) is 3.58. The molecular weight excluding hydrogens is 306 g/mol. The monoisotopic (exact) mass is 329 g/mol. The Hall–Kier alpha value is -1.69. The second-order valence-corrected chi connectivity index (χ2v) is 7.30. The van der Waals surface area contributed by atoms with Crippen LogP contribution in [0.2, 0.25) is 0 Å². The van der Waals surface area contributed by atoms with E-state index < -0.39 is 6.10 Å². The molecule has 2 aromatic heterocycles. The quantitative estimate of drug-likeness (QED) is 0.717. The summed E-state index contributed by atoms with van der Waals surface area (Å²) in [6, 6.07) is 10.8. The normalized spacial score (nSPS) is 14.5. The van der Waals surface area contributed by atoms with Crippen molar-refractivity contribution in [2.24, 2.45) is 0 Å². The molecule has 0 radical (unpaired) electrons. The highest BCUT2D eigenvalue weighted by molar-refractivity contribution is 7.19. The van der Waals surface area contributed by atoms with Crippen LogP contribution in [0.1, 0.15) is 49.4 Å². The number of nitrogens with zero attached hydrogens (tertiary/aromatic N) is 2. The summed E-state index contributed by atoms with van der Waals surface area (Å²) in [7, 11) is 0. The Morgan fingerprint density at radius 3 is 2.74 bits per heavy atom. The highest BCUT2D eigenvalue weighted by Crippen LogP contribution is 2.29. The minimum absolute atomic E-state index is 0.159. The highest BCUT2D eigenvalue weighted by atomic mass is 32.1. The van der Waals surface area contributed by atoms with Gasteiger partial charge < -0.3 is 10.4 Å². The van der Waals surface area contributed by atoms with E-state index in [0.717, 1.165) is 10.4 Å². The molecule has 3 aromatic rings. The third-order valence-corrected chi connectivity index (χ3v) is 5.26. The molecule has 0 amide bonds. The summed E-state index contributed by atoms with van der Waals surface area (Å²) in [6.45, 7) is 6.85. The second-order valence-electron chi connectivity index (χ2n) is 6.18. The van der Waals surface area contributed by atoms with E-state index in [4.69, 9.17) is 0 Å². The van der Waals surface area contributed by atoms with Gasteiger partial charge in [0, 0.05) is 40.0 Å². The van der Waals surface area contributed by atoms with Crippen LogP contribution in [0, 0.1) is 0 Å². The third-order valence-electron chi connectivity index (χ3n) is 4.04. The van der Waals surface area contributed by atoms with Gasteiger partial charge in [-0.25, -0.2) is 0 Å². The Bertz CT molecular complexity index is 744. The van der Waals surface area contributed by atoms with E-state index in [0.29, 0.717) is 12.6 Å². The molecule has 23 heavy (non-hydrogen) atoms. The minimum atomic E-state index is -0.491. The van der Waals surface area contributed by atoms with Gasteiger partial charge in [0.1, 0.15) is 6.10 Å². The molecular formula is C18H23N3OS. The van der Waals surface area contributed by atoms with Crippen LogP contribution in [-0.4, -0.2) is 21.4 Å². The van der Waals surface area contributed by atoms with Crippen molar-refractivity contribution in [3.63, 3.8) is 0 Å². The summed E-state index contributed by atoms with van der Waals surface area (Å²) in [5, 5.41) is 19.4. The van der Waals surface area contributed by atoms with Crippen LogP contribution in [0.3, 0.4) is 0 Å². The van der Waals surface area contributed by atoms with E-state index in [9.17, 15) is 5.11 Å². The first kappa shape index (κ1) is 16.2. The lowest BCUT2D eigenvalue weighted by Gasteiger charge is -2.15. The minimum Gasteiger partial charge on any atom is -0.386 e. The summed E-state index contributed by atoms with van der Waals surface area (Å²) >= 11 is 1.65. The zero-order valence-corrected chi connectivity index (χ0v) is 14.5. The molecule has 0 spiro atoms. The van der Waals surface area contributed by atoms with Crippen LogP contribution in [0.25, 0.3) is 10.1 Å². The van der Waals surface area contributed by atoms with Crippen molar-refractivity contribution in [3.05, 3.63) is 53.2 Å². The molecule has 3 rings (SSSR count). The smallest absolute Gasteiger partial charge is 0.101 e. The van der Waals surface area contributed by atoms with Crippen LogP contribution in [0.5, 0.6) is 0 Å². The first-order valence-electron chi connectivity index (χ1n) is 7.98. The van der Waals surface area contributed by atoms with E-state index in [1.807, 2.05) is 23.0 Å². The van der Waals surface area contributed by atoms with Gasteiger partial charge in [-0.15, -0.1) is 11.3 Å². The molecule has 0 saturated carbocycles. The summed E-state index contributed by atoms with van der Waals surface area (Å²) < 4.78 is 3.17. The maximum Gasteiger partial charge on any atom is 0.101 e. The van der Waals surface area contributed by atoms with Gasteiger partial charge in [0.25, 0.3) is 0 Å². The van der Waals surface area contributed by atoms with Gasteiger partial charge in [0.15, 0.2) is 0 Å². The SMILES string of the molecule is CC(NCC(O)c1cc2ccccc2s1)c1cnn(C(C)C)c1. The number of aliphatic hydroxyl groups excluding tert-OH is 1. The predicted octanol–water partition coefficient (Wildman–Crippen LogP) is 4.06. The highest BCUT2D eigenvalue weighted by Gasteiger charge is 2.14. The zero-order valence-electron chi connectivity index (χ0n) is 13.7. The van der Waals surface area contributed by atoms with Crippen molar-refractivity contribution >= 4 is 21.4 Å². The summed E-state index contributed by atoms with van der Waals surface area (Å²) in [5.74, 6) is 0. The molecule has 122 valence electrons. The largest absolute Gasteiger partial charge is 0.386 e. The van der Waals surface area contributed by atoms with Crippen LogP contribution >= 0.6 is 11.3 Å². The molecule has 1 aromatic carbocycles. The van der Waals surface area contributed by atoms with Crippen LogP contribution < -0.4 is 5.32 Å². The Kier molecular flexibility index (Phi) is 4.80. The standard InChI is InChI=1S/C18H23N3OS/c1-12(2)21-11-15(9-20-21)13(3)19-10-16(22)18-8-14-6-4-5-7-17(14)23-18/h4-9,11-13,16,19,22H,10H2,1-3H3. The van der Waals surface area contributed by atoms with Crippen LogP contribution in [0.4, 0.5) is 0 Å². The predicted molar refractivity (Wildman–Crippen MR) is 95.8 cm³/mol. The molecule has 0 aliphatic rings. The van der Waals surface area contributed by atoms with Crippen molar-refractivity contribution in [1.29, 1.82) is 0 Å². The van der Waals surface area contributed by atoms with Crippen molar-refractivity contribution < 1.29 is 5.11 Å². The topological polar surface area (TPSA) is 50.1 Å². The lowest BCUT2D eigenvalue weighted by atomic mass is 10.1. The Morgan fingerprint density at radius 2 is 2.04 bits per heavy atom. The van der Waals surface area contributed by atoms with Crippen molar-refractivity contribution in [1.82, 2.24) is 15.1 Å². The molecule has 2 atom stereocenters. The second kappa shape index (κ2) is 6.83.